The van der Waals surface area contributed by atoms with Gasteiger partial charge in [-0.25, -0.2) is 4.98 Å². The maximum absolute atomic E-state index is 5.34. The minimum absolute atomic E-state index is 0.689. The van der Waals surface area contributed by atoms with Crippen LogP contribution in [0.3, 0.4) is 0 Å². The van der Waals surface area contributed by atoms with Crippen LogP contribution in [0.5, 0.6) is 5.88 Å². The molecule has 0 saturated carbocycles. The fourth-order valence-electron chi connectivity index (χ4n) is 0.856. The molecule has 0 aliphatic rings. The van der Waals surface area contributed by atoms with Crippen LogP contribution >= 0.6 is 0 Å². The summed E-state index contributed by atoms with van der Waals surface area (Å²) in [6.07, 6.45) is 3.72. The topological polar surface area (TPSA) is 48.1 Å². The van der Waals surface area contributed by atoms with Crippen LogP contribution in [-0.2, 0) is 0 Å². The molecule has 3 nitrogen and oxygen atoms in total. The van der Waals surface area contributed by atoms with Crippen LogP contribution in [0.25, 0.3) is 0 Å². The Kier molecular flexibility index (Phi) is 4.16. The van der Waals surface area contributed by atoms with Gasteiger partial charge in [-0.3, -0.25) is 0 Å². The molecule has 1 aromatic rings. The van der Waals surface area contributed by atoms with Gasteiger partial charge in [-0.05, 0) is 25.5 Å². The second-order valence-electron chi connectivity index (χ2n) is 2.51. The van der Waals surface area contributed by atoms with Crippen molar-refractivity contribution in [1.82, 2.24) is 4.98 Å². The summed E-state index contributed by atoms with van der Waals surface area (Å²) in [5, 5.41) is 0. The minimum Gasteiger partial charge on any atom is -0.478 e. The number of aromatic nitrogens is 1. The Morgan fingerprint density at radius 1 is 1.33 bits per heavy atom. The van der Waals surface area contributed by atoms with Crippen molar-refractivity contribution in [2.75, 3.05) is 13.2 Å². The van der Waals surface area contributed by atoms with E-state index in [1.807, 2.05) is 18.2 Å². The average molecular weight is 166 g/mol. The maximum Gasteiger partial charge on any atom is 0.213 e. The van der Waals surface area contributed by atoms with Gasteiger partial charge in [0.25, 0.3) is 0 Å². The number of ether oxygens (including phenoxy) is 1. The van der Waals surface area contributed by atoms with E-state index >= 15 is 0 Å². The van der Waals surface area contributed by atoms with Crippen LogP contribution in [-0.4, -0.2) is 18.1 Å². The Hall–Kier alpha value is -1.09. The van der Waals surface area contributed by atoms with Crippen molar-refractivity contribution in [3.8, 4) is 5.88 Å². The molecule has 0 aromatic carbocycles. The highest BCUT2D eigenvalue weighted by Gasteiger charge is 1.91. The number of nitrogens with two attached hydrogens (primary N) is 1. The van der Waals surface area contributed by atoms with E-state index in [1.165, 1.54) is 0 Å². The molecule has 66 valence electrons. The summed E-state index contributed by atoms with van der Waals surface area (Å²) in [4.78, 5) is 4.02. The molecular weight excluding hydrogens is 152 g/mol. The van der Waals surface area contributed by atoms with Crippen molar-refractivity contribution < 1.29 is 4.74 Å². The first-order chi connectivity index (χ1) is 5.93. The molecule has 1 aromatic heterocycles. The Balaban J connectivity index is 2.16. The lowest BCUT2D eigenvalue weighted by atomic mass is 10.3. The van der Waals surface area contributed by atoms with Gasteiger partial charge in [0.15, 0.2) is 0 Å². The van der Waals surface area contributed by atoms with Gasteiger partial charge >= 0.3 is 0 Å². The molecule has 0 saturated heterocycles. The number of pyridine rings is 1. The summed E-state index contributed by atoms with van der Waals surface area (Å²) in [7, 11) is 0. The van der Waals surface area contributed by atoms with Crippen LogP contribution in [0.4, 0.5) is 0 Å². The molecule has 0 unspecified atom stereocenters. The Morgan fingerprint density at radius 2 is 2.25 bits per heavy atom. The second-order valence-corrected chi connectivity index (χ2v) is 2.51. The molecule has 0 atom stereocenters. The first kappa shape index (κ1) is 9.00. The predicted octanol–water partition coefficient (Wildman–Crippen LogP) is 1.20. The molecule has 0 aliphatic carbocycles. The standard InChI is InChI=1S/C9H14N2O/c10-6-2-4-8-12-9-5-1-3-7-11-9/h1,3,5,7H,2,4,6,8,10H2. The summed E-state index contributed by atoms with van der Waals surface area (Å²) in [6, 6.07) is 5.63. The molecule has 0 aliphatic heterocycles. The van der Waals surface area contributed by atoms with E-state index in [0.717, 1.165) is 19.4 Å². The Labute approximate surface area is 72.6 Å². The molecular formula is C9H14N2O. The third-order valence-electron chi connectivity index (χ3n) is 1.49. The Bertz CT molecular complexity index is 201. The van der Waals surface area contributed by atoms with Crippen LogP contribution in [0.2, 0.25) is 0 Å². The van der Waals surface area contributed by atoms with Gasteiger partial charge in [-0.2, -0.15) is 0 Å². The number of unbranched alkanes of at least 4 members (excludes halogenated alkanes) is 1. The molecule has 0 amide bonds. The lowest BCUT2D eigenvalue weighted by Gasteiger charge is -2.02. The lowest BCUT2D eigenvalue weighted by molar-refractivity contribution is 0.296. The molecule has 3 heteroatoms. The lowest BCUT2D eigenvalue weighted by Crippen LogP contribution is -2.03. The maximum atomic E-state index is 5.34. The largest absolute Gasteiger partial charge is 0.478 e. The zero-order valence-corrected chi connectivity index (χ0v) is 7.07. The summed E-state index contributed by atoms with van der Waals surface area (Å²) in [6.45, 7) is 1.43. The number of rotatable bonds is 5. The highest BCUT2D eigenvalue weighted by molar-refractivity contribution is 5.08. The summed E-state index contributed by atoms with van der Waals surface area (Å²) >= 11 is 0. The number of hydrogen-bond donors (Lipinski definition) is 1. The van der Waals surface area contributed by atoms with Crippen LogP contribution in [0, 0.1) is 0 Å². The zero-order chi connectivity index (χ0) is 8.65. The third-order valence-corrected chi connectivity index (χ3v) is 1.49. The molecule has 1 rings (SSSR count). The Morgan fingerprint density at radius 3 is 2.92 bits per heavy atom. The minimum atomic E-state index is 0.689. The summed E-state index contributed by atoms with van der Waals surface area (Å²) in [5.74, 6) is 0.689. The monoisotopic (exact) mass is 166 g/mol. The molecule has 12 heavy (non-hydrogen) atoms. The van der Waals surface area contributed by atoms with E-state index in [-0.39, 0.29) is 0 Å². The smallest absolute Gasteiger partial charge is 0.213 e. The zero-order valence-electron chi connectivity index (χ0n) is 7.07. The van der Waals surface area contributed by atoms with Crippen molar-refractivity contribution >= 4 is 0 Å². The summed E-state index contributed by atoms with van der Waals surface area (Å²) < 4.78 is 5.34. The predicted molar refractivity (Wildman–Crippen MR) is 48.0 cm³/mol. The van der Waals surface area contributed by atoms with E-state index in [1.54, 1.807) is 6.20 Å². The first-order valence-electron chi connectivity index (χ1n) is 4.17. The molecule has 0 fully saturated rings. The van der Waals surface area contributed by atoms with Gasteiger partial charge in [0.2, 0.25) is 5.88 Å². The van der Waals surface area contributed by atoms with E-state index in [0.29, 0.717) is 12.5 Å². The van der Waals surface area contributed by atoms with Crippen LogP contribution in [0.1, 0.15) is 12.8 Å². The first-order valence-corrected chi connectivity index (χ1v) is 4.17. The van der Waals surface area contributed by atoms with Crippen molar-refractivity contribution in [2.45, 2.75) is 12.8 Å². The van der Waals surface area contributed by atoms with Gasteiger partial charge in [-0.15, -0.1) is 0 Å². The van der Waals surface area contributed by atoms with Gasteiger partial charge in [0.1, 0.15) is 0 Å². The SMILES string of the molecule is NCCCCOc1ccccn1. The van der Waals surface area contributed by atoms with Crippen molar-refractivity contribution in [3.05, 3.63) is 24.4 Å². The molecule has 0 spiro atoms. The average Bonchev–Trinajstić information content (AvgIpc) is 2.14. The number of hydrogen-bond acceptors (Lipinski definition) is 3. The molecule has 1 heterocycles. The fraction of sp³-hybridized carbons (Fsp3) is 0.444. The van der Waals surface area contributed by atoms with E-state index in [9.17, 15) is 0 Å². The van der Waals surface area contributed by atoms with E-state index < -0.39 is 0 Å². The van der Waals surface area contributed by atoms with Gasteiger partial charge in [-0.1, -0.05) is 6.07 Å². The van der Waals surface area contributed by atoms with Crippen LogP contribution < -0.4 is 10.5 Å². The second kappa shape index (κ2) is 5.55. The fourth-order valence-corrected chi connectivity index (χ4v) is 0.856. The quantitative estimate of drug-likeness (QED) is 0.668. The van der Waals surface area contributed by atoms with E-state index in [2.05, 4.69) is 4.98 Å². The van der Waals surface area contributed by atoms with Gasteiger partial charge < -0.3 is 10.5 Å². The van der Waals surface area contributed by atoms with Crippen LogP contribution in [0.15, 0.2) is 24.4 Å². The molecule has 0 radical (unpaired) electrons. The molecule has 2 N–H and O–H groups in total. The highest BCUT2D eigenvalue weighted by atomic mass is 16.5. The van der Waals surface area contributed by atoms with Gasteiger partial charge in [0, 0.05) is 12.3 Å². The van der Waals surface area contributed by atoms with Crippen molar-refractivity contribution in [2.24, 2.45) is 5.73 Å². The van der Waals surface area contributed by atoms with E-state index in [4.69, 9.17) is 10.5 Å². The number of nitrogens with zero attached hydrogens (tertiary/aromatic N) is 1. The van der Waals surface area contributed by atoms with Gasteiger partial charge in [0.05, 0.1) is 6.61 Å². The summed E-state index contributed by atoms with van der Waals surface area (Å²) in [5.41, 5.74) is 5.34. The highest BCUT2D eigenvalue weighted by Crippen LogP contribution is 2.03. The molecule has 0 bridgehead atoms. The third kappa shape index (κ3) is 3.34. The van der Waals surface area contributed by atoms with Crippen molar-refractivity contribution in [3.63, 3.8) is 0 Å². The normalized spacial score (nSPS) is 9.75. The van der Waals surface area contributed by atoms with Crippen molar-refractivity contribution in [1.29, 1.82) is 0 Å².